The largest absolute Gasteiger partial charge is 0.416 e. The van der Waals surface area contributed by atoms with E-state index in [-0.39, 0.29) is 16.6 Å². The molecule has 5 nitrogen and oxygen atoms in total. The van der Waals surface area contributed by atoms with Gasteiger partial charge in [0.05, 0.1) is 23.0 Å². The van der Waals surface area contributed by atoms with Gasteiger partial charge in [0.25, 0.3) is 5.91 Å². The Balaban J connectivity index is 1.42. The summed E-state index contributed by atoms with van der Waals surface area (Å²) in [6.45, 7) is 0. The molecule has 9 heteroatoms. The van der Waals surface area contributed by atoms with Crippen LogP contribution in [0.4, 0.5) is 13.2 Å². The molecular formula is C24H22ClF3N4O. The fourth-order valence-electron chi connectivity index (χ4n) is 4.29. The zero-order chi connectivity index (χ0) is 23.2. The highest BCUT2D eigenvalue weighted by Crippen LogP contribution is 2.39. The molecule has 2 aliphatic rings. The fourth-order valence-corrected chi connectivity index (χ4v) is 4.53. The first-order chi connectivity index (χ1) is 15.8. The Morgan fingerprint density at radius 1 is 1.12 bits per heavy atom. The molecule has 0 bridgehead atoms. The summed E-state index contributed by atoms with van der Waals surface area (Å²) in [5.41, 5.74) is 2.70. The van der Waals surface area contributed by atoms with Gasteiger partial charge < -0.3 is 5.32 Å². The van der Waals surface area contributed by atoms with Crippen LogP contribution in [0.2, 0.25) is 5.02 Å². The number of aromatic nitrogens is 3. The number of alkyl halides is 3. The van der Waals surface area contributed by atoms with Crippen molar-refractivity contribution in [2.45, 2.75) is 56.7 Å². The topological polar surface area (TPSA) is 59.8 Å². The average Bonchev–Trinajstić information content (AvgIpc) is 3.57. The molecule has 1 aromatic carbocycles. The number of nitrogens with zero attached hydrogens (tertiary/aromatic N) is 3. The van der Waals surface area contributed by atoms with E-state index in [2.05, 4.69) is 10.3 Å². The van der Waals surface area contributed by atoms with Crippen molar-refractivity contribution in [1.82, 2.24) is 20.1 Å². The van der Waals surface area contributed by atoms with Gasteiger partial charge in [-0.15, -0.1) is 0 Å². The SMILES string of the molecule is O=C(N[C@@H]1CCCCc2nn(-c3ccnc(C4CC4)c3)cc21)c1cc(Cl)cc(C(F)(F)F)c1. The molecule has 0 radical (unpaired) electrons. The zero-order valence-corrected chi connectivity index (χ0v) is 18.5. The second-order valence-corrected chi connectivity index (χ2v) is 9.12. The highest BCUT2D eigenvalue weighted by Gasteiger charge is 2.32. The average molecular weight is 475 g/mol. The van der Waals surface area contributed by atoms with Crippen LogP contribution >= 0.6 is 11.6 Å². The Kier molecular flexibility index (Phi) is 5.64. The molecule has 1 atom stereocenters. The van der Waals surface area contributed by atoms with Gasteiger partial charge in [-0.3, -0.25) is 9.78 Å². The summed E-state index contributed by atoms with van der Waals surface area (Å²) in [5, 5.41) is 7.54. The quantitative estimate of drug-likeness (QED) is 0.471. The standard InChI is InChI=1S/C24H22ClF3N4O/c25-17-10-15(9-16(11-17)24(26,27)28)23(33)30-20-3-1-2-4-21-19(20)13-32(31-21)18-7-8-29-22(12-18)14-5-6-14/h7-14,20H,1-6H2,(H,30,33)/t20-/m1/s1. The van der Waals surface area contributed by atoms with Crippen LogP contribution < -0.4 is 5.32 Å². The molecule has 1 saturated carbocycles. The van der Waals surface area contributed by atoms with Crippen molar-refractivity contribution < 1.29 is 18.0 Å². The predicted octanol–water partition coefficient (Wildman–Crippen LogP) is 6.01. The Morgan fingerprint density at radius 2 is 1.94 bits per heavy atom. The third kappa shape index (κ3) is 4.76. The molecule has 0 saturated heterocycles. The lowest BCUT2D eigenvalue weighted by Crippen LogP contribution is -2.28. The molecule has 3 aromatic rings. The van der Waals surface area contributed by atoms with Crippen molar-refractivity contribution in [2.75, 3.05) is 0 Å². The van der Waals surface area contributed by atoms with Crippen molar-refractivity contribution in [3.8, 4) is 5.69 Å². The van der Waals surface area contributed by atoms with E-state index in [1.165, 1.54) is 6.07 Å². The highest BCUT2D eigenvalue weighted by atomic mass is 35.5. The summed E-state index contributed by atoms with van der Waals surface area (Å²) >= 11 is 5.86. The molecule has 5 rings (SSSR count). The van der Waals surface area contributed by atoms with Crippen molar-refractivity contribution in [3.63, 3.8) is 0 Å². The lowest BCUT2D eigenvalue weighted by atomic mass is 10.0. The van der Waals surface area contributed by atoms with Gasteiger partial charge >= 0.3 is 6.18 Å². The van der Waals surface area contributed by atoms with Crippen LogP contribution in [0.1, 0.15) is 76.9 Å². The first kappa shape index (κ1) is 21.9. The lowest BCUT2D eigenvalue weighted by molar-refractivity contribution is -0.137. The number of amides is 1. The van der Waals surface area contributed by atoms with Crippen LogP contribution in [0, 0.1) is 0 Å². The van der Waals surface area contributed by atoms with E-state index in [4.69, 9.17) is 16.7 Å². The minimum absolute atomic E-state index is 0.115. The number of aryl methyl sites for hydroxylation is 1. The van der Waals surface area contributed by atoms with E-state index in [1.807, 2.05) is 23.0 Å². The van der Waals surface area contributed by atoms with E-state index >= 15 is 0 Å². The van der Waals surface area contributed by atoms with E-state index in [9.17, 15) is 18.0 Å². The van der Waals surface area contributed by atoms with Gasteiger partial charge in [0.1, 0.15) is 0 Å². The molecule has 2 aliphatic carbocycles. The first-order valence-electron chi connectivity index (χ1n) is 11.0. The number of nitrogens with one attached hydrogen (secondary N) is 1. The third-order valence-electron chi connectivity index (χ3n) is 6.17. The van der Waals surface area contributed by atoms with Crippen LogP contribution in [0.15, 0.2) is 42.7 Å². The molecule has 172 valence electrons. The van der Waals surface area contributed by atoms with Crippen molar-refractivity contribution in [2.24, 2.45) is 0 Å². The minimum Gasteiger partial charge on any atom is -0.345 e. The molecule has 0 unspecified atom stereocenters. The van der Waals surface area contributed by atoms with Gasteiger partial charge in [0, 0.05) is 40.2 Å². The molecule has 33 heavy (non-hydrogen) atoms. The van der Waals surface area contributed by atoms with Crippen molar-refractivity contribution >= 4 is 17.5 Å². The Bertz CT molecular complexity index is 1200. The Labute approximate surface area is 194 Å². The van der Waals surface area contributed by atoms with Crippen LogP contribution in [0.3, 0.4) is 0 Å². The maximum atomic E-state index is 13.2. The maximum absolute atomic E-state index is 13.2. The molecule has 2 heterocycles. The minimum atomic E-state index is -4.58. The van der Waals surface area contributed by atoms with Gasteiger partial charge in [0.2, 0.25) is 0 Å². The molecular weight excluding hydrogens is 453 g/mol. The molecule has 1 amide bonds. The summed E-state index contributed by atoms with van der Waals surface area (Å²) in [6.07, 6.45) is 4.69. The van der Waals surface area contributed by atoms with E-state index in [0.717, 1.165) is 66.9 Å². The van der Waals surface area contributed by atoms with Gasteiger partial charge in [-0.05, 0) is 62.4 Å². The van der Waals surface area contributed by atoms with E-state index in [1.54, 1.807) is 6.20 Å². The fraction of sp³-hybridized carbons (Fsp3) is 0.375. The maximum Gasteiger partial charge on any atom is 0.416 e. The van der Waals surface area contributed by atoms with Gasteiger partial charge in [-0.25, -0.2) is 4.68 Å². The summed E-state index contributed by atoms with van der Waals surface area (Å²) < 4.78 is 41.3. The predicted molar refractivity (Wildman–Crippen MR) is 118 cm³/mol. The number of carbonyl (C=O) groups excluding carboxylic acids is 1. The molecule has 0 aliphatic heterocycles. The van der Waals surface area contributed by atoms with E-state index in [0.29, 0.717) is 12.3 Å². The summed E-state index contributed by atoms with van der Waals surface area (Å²) in [7, 11) is 0. The van der Waals surface area contributed by atoms with Gasteiger partial charge in [-0.2, -0.15) is 18.3 Å². The van der Waals surface area contributed by atoms with Gasteiger partial charge in [0.15, 0.2) is 0 Å². The number of rotatable bonds is 4. The molecule has 2 aromatic heterocycles. The third-order valence-corrected chi connectivity index (χ3v) is 6.39. The zero-order valence-electron chi connectivity index (χ0n) is 17.7. The van der Waals surface area contributed by atoms with Crippen molar-refractivity contribution in [1.29, 1.82) is 0 Å². The van der Waals surface area contributed by atoms with E-state index < -0.39 is 17.6 Å². The number of fused-ring (bicyclic) bond motifs is 1. The summed E-state index contributed by atoms with van der Waals surface area (Å²) in [6, 6.07) is 6.50. The van der Waals surface area contributed by atoms with Crippen LogP contribution in [0.25, 0.3) is 5.69 Å². The number of halogens is 4. The van der Waals surface area contributed by atoms with Crippen LogP contribution in [-0.4, -0.2) is 20.7 Å². The molecule has 0 spiro atoms. The van der Waals surface area contributed by atoms with Crippen molar-refractivity contribution in [3.05, 3.63) is 75.8 Å². The summed E-state index contributed by atoms with van der Waals surface area (Å²) in [5.74, 6) is -0.0711. The number of hydrogen-bond acceptors (Lipinski definition) is 3. The second kappa shape index (κ2) is 8.48. The molecule has 1 fully saturated rings. The second-order valence-electron chi connectivity index (χ2n) is 8.69. The van der Waals surface area contributed by atoms with Crippen LogP contribution in [-0.2, 0) is 12.6 Å². The number of pyridine rings is 1. The molecule has 1 N–H and O–H groups in total. The number of carbonyl (C=O) groups is 1. The number of hydrogen-bond donors (Lipinski definition) is 1. The van der Waals surface area contributed by atoms with Gasteiger partial charge in [-0.1, -0.05) is 18.0 Å². The number of benzene rings is 1. The monoisotopic (exact) mass is 474 g/mol. The summed E-state index contributed by atoms with van der Waals surface area (Å²) in [4.78, 5) is 17.4. The first-order valence-corrected chi connectivity index (χ1v) is 11.4. The van der Waals surface area contributed by atoms with Crippen LogP contribution in [0.5, 0.6) is 0 Å². The Hall–Kier alpha value is -2.87. The highest BCUT2D eigenvalue weighted by molar-refractivity contribution is 6.31. The lowest BCUT2D eigenvalue weighted by Gasteiger charge is -2.17. The normalized spacial score (nSPS) is 18.5. The Morgan fingerprint density at radius 3 is 2.70 bits per heavy atom. The smallest absolute Gasteiger partial charge is 0.345 e.